The second kappa shape index (κ2) is 7.18. The molecule has 0 aliphatic carbocycles. The van der Waals surface area contributed by atoms with Crippen molar-refractivity contribution < 1.29 is 9.59 Å². The Morgan fingerprint density at radius 3 is 2.92 bits per heavy atom. The fourth-order valence-corrected chi connectivity index (χ4v) is 2.55. The summed E-state index contributed by atoms with van der Waals surface area (Å²) in [4.78, 5) is 25.8. The Morgan fingerprint density at radius 1 is 1.29 bits per heavy atom. The third-order valence-corrected chi connectivity index (χ3v) is 3.75. The van der Waals surface area contributed by atoms with E-state index in [0.29, 0.717) is 31.0 Å². The Hall–Kier alpha value is -2.80. The van der Waals surface area contributed by atoms with Crippen LogP contribution in [0.15, 0.2) is 36.4 Å². The zero-order valence-electron chi connectivity index (χ0n) is 13.5. The van der Waals surface area contributed by atoms with Crippen LogP contribution in [0.5, 0.6) is 0 Å². The molecule has 1 aliphatic rings. The lowest BCUT2D eigenvalue weighted by Crippen LogP contribution is -2.47. The smallest absolute Gasteiger partial charge is 0.256 e. The van der Waals surface area contributed by atoms with Gasteiger partial charge in [-0.15, -0.1) is 5.10 Å². The van der Waals surface area contributed by atoms with Crippen LogP contribution < -0.4 is 10.6 Å². The predicted molar refractivity (Wildman–Crippen MR) is 89.5 cm³/mol. The van der Waals surface area contributed by atoms with Gasteiger partial charge in [-0.25, -0.2) is 0 Å². The van der Waals surface area contributed by atoms with Crippen molar-refractivity contribution in [1.29, 1.82) is 0 Å². The molecule has 1 fully saturated rings. The van der Waals surface area contributed by atoms with Crippen LogP contribution in [0, 0.1) is 6.92 Å². The van der Waals surface area contributed by atoms with Gasteiger partial charge in [0.2, 0.25) is 5.91 Å². The maximum absolute atomic E-state index is 12.3. The highest BCUT2D eigenvalue weighted by Gasteiger charge is 2.16. The number of hydrogen-bond acceptors (Lipinski definition) is 5. The van der Waals surface area contributed by atoms with Crippen molar-refractivity contribution in [3.8, 4) is 0 Å². The van der Waals surface area contributed by atoms with E-state index in [1.54, 1.807) is 18.2 Å². The molecule has 1 saturated heterocycles. The molecule has 0 radical (unpaired) electrons. The molecular formula is C17H19N5O2. The molecule has 0 unspecified atom stereocenters. The monoisotopic (exact) mass is 325 g/mol. The van der Waals surface area contributed by atoms with Gasteiger partial charge in [-0.2, -0.15) is 5.10 Å². The van der Waals surface area contributed by atoms with Crippen molar-refractivity contribution in [2.75, 3.05) is 25.0 Å². The summed E-state index contributed by atoms with van der Waals surface area (Å²) < 4.78 is 0. The van der Waals surface area contributed by atoms with Gasteiger partial charge >= 0.3 is 0 Å². The summed E-state index contributed by atoms with van der Waals surface area (Å²) in [6, 6.07) is 10.9. The van der Waals surface area contributed by atoms with Crippen molar-refractivity contribution in [2.24, 2.45) is 0 Å². The van der Waals surface area contributed by atoms with Gasteiger partial charge in [0.05, 0.1) is 12.2 Å². The summed E-state index contributed by atoms with van der Waals surface area (Å²) in [5, 5.41) is 13.4. The molecule has 3 rings (SSSR count). The minimum atomic E-state index is -0.230. The van der Waals surface area contributed by atoms with E-state index in [1.165, 1.54) is 0 Å². The summed E-state index contributed by atoms with van der Waals surface area (Å²) in [5.41, 5.74) is 2.34. The van der Waals surface area contributed by atoms with E-state index < -0.39 is 0 Å². The molecule has 124 valence electrons. The Balaban J connectivity index is 1.66. The largest absolute Gasteiger partial charge is 0.354 e. The minimum Gasteiger partial charge on any atom is -0.354 e. The lowest BCUT2D eigenvalue weighted by Gasteiger charge is -2.26. The topological polar surface area (TPSA) is 87.2 Å². The number of aromatic nitrogens is 2. The Kier molecular flexibility index (Phi) is 4.81. The summed E-state index contributed by atoms with van der Waals surface area (Å²) in [7, 11) is 0. The standard InChI is InChI=1S/C17H19N5O2/c1-12-5-6-15(21-20-12)19-17(24)14-4-2-3-13(9-14)10-22-8-7-18-16(23)11-22/h2-6,9H,7-8,10-11H2,1H3,(H,18,23)(H,19,21,24). The number of amides is 2. The Labute approximate surface area is 140 Å². The molecule has 1 aromatic carbocycles. The van der Waals surface area contributed by atoms with Crippen LogP contribution in [-0.2, 0) is 11.3 Å². The van der Waals surface area contributed by atoms with Gasteiger partial charge in [0.25, 0.3) is 5.91 Å². The fourth-order valence-electron chi connectivity index (χ4n) is 2.55. The first kappa shape index (κ1) is 16.1. The van der Waals surface area contributed by atoms with E-state index in [1.807, 2.05) is 25.1 Å². The van der Waals surface area contributed by atoms with Crippen molar-refractivity contribution >= 4 is 17.6 Å². The molecule has 7 nitrogen and oxygen atoms in total. The number of anilines is 1. The van der Waals surface area contributed by atoms with Crippen molar-refractivity contribution in [3.63, 3.8) is 0 Å². The van der Waals surface area contributed by atoms with Crippen LogP contribution in [-0.4, -0.2) is 46.5 Å². The maximum Gasteiger partial charge on any atom is 0.256 e. The van der Waals surface area contributed by atoms with Crippen LogP contribution in [0.4, 0.5) is 5.82 Å². The lowest BCUT2D eigenvalue weighted by atomic mass is 10.1. The van der Waals surface area contributed by atoms with E-state index in [4.69, 9.17) is 0 Å². The molecular weight excluding hydrogens is 306 g/mol. The quantitative estimate of drug-likeness (QED) is 0.874. The molecule has 2 heterocycles. The minimum absolute atomic E-state index is 0.0353. The van der Waals surface area contributed by atoms with Gasteiger partial charge in [-0.3, -0.25) is 14.5 Å². The first-order valence-electron chi connectivity index (χ1n) is 7.80. The zero-order chi connectivity index (χ0) is 16.9. The van der Waals surface area contributed by atoms with Gasteiger partial charge in [0, 0.05) is 25.2 Å². The summed E-state index contributed by atoms with van der Waals surface area (Å²) in [5.74, 6) is 0.225. The number of rotatable bonds is 4. The Bertz CT molecular complexity index is 745. The third-order valence-electron chi connectivity index (χ3n) is 3.75. The molecule has 1 aromatic heterocycles. The van der Waals surface area contributed by atoms with Crippen LogP contribution in [0.3, 0.4) is 0 Å². The van der Waals surface area contributed by atoms with Crippen LogP contribution >= 0.6 is 0 Å². The zero-order valence-corrected chi connectivity index (χ0v) is 13.5. The average Bonchev–Trinajstić information content (AvgIpc) is 2.57. The summed E-state index contributed by atoms with van der Waals surface area (Å²) >= 11 is 0. The van der Waals surface area contributed by atoms with E-state index in [9.17, 15) is 9.59 Å². The number of aryl methyl sites for hydroxylation is 1. The second-order valence-corrected chi connectivity index (χ2v) is 5.78. The van der Waals surface area contributed by atoms with E-state index in [-0.39, 0.29) is 11.8 Å². The Morgan fingerprint density at radius 2 is 2.17 bits per heavy atom. The molecule has 0 saturated carbocycles. The normalized spacial score (nSPS) is 15.0. The molecule has 2 aromatic rings. The van der Waals surface area contributed by atoms with Gasteiger partial charge in [-0.1, -0.05) is 12.1 Å². The number of nitrogens with one attached hydrogen (secondary N) is 2. The van der Waals surface area contributed by atoms with Crippen LogP contribution in [0.1, 0.15) is 21.6 Å². The van der Waals surface area contributed by atoms with Crippen molar-refractivity contribution in [3.05, 3.63) is 53.2 Å². The van der Waals surface area contributed by atoms with Gasteiger partial charge in [-0.05, 0) is 36.8 Å². The second-order valence-electron chi connectivity index (χ2n) is 5.78. The van der Waals surface area contributed by atoms with Crippen molar-refractivity contribution in [2.45, 2.75) is 13.5 Å². The molecule has 2 amide bonds. The number of nitrogens with zero attached hydrogens (tertiary/aromatic N) is 3. The fraction of sp³-hybridized carbons (Fsp3) is 0.294. The molecule has 0 spiro atoms. The molecule has 7 heteroatoms. The average molecular weight is 325 g/mol. The molecule has 0 atom stereocenters. The number of hydrogen-bond donors (Lipinski definition) is 2. The van der Waals surface area contributed by atoms with Crippen molar-refractivity contribution in [1.82, 2.24) is 20.4 Å². The predicted octanol–water partition coefficient (Wildman–Crippen LogP) is 0.969. The lowest BCUT2D eigenvalue weighted by molar-refractivity contribution is -0.124. The van der Waals surface area contributed by atoms with Crippen LogP contribution in [0.2, 0.25) is 0 Å². The number of benzene rings is 1. The van der Waals surface area contributed by atoms with E-state index in [0.717, 1.165) is 17.8 Å². The highest BCUT2D eigenvalue weighted by Crippen LogP contribution is 2.11. The van der Waals surface area contributed by atoms with Gasteiger partial charge < -0.3 is 10.6 Å². The molecule has 0 bridgehead atoms. The van der Waals surface area contributed by atoms with E-state index >= 15 is 0 Å². The first-order valence-corrected chi connectivity index (χ1v) is 7.80. The van der Waals surface area contributed by atoms with Gasteiger partial charge in [0.1, 0.15) is 0 Å². The van der Waals surface area contributed by atoms with Gasteiger partial charge in [0.15, 0.2) is 5.82 Å². The maximum atomic E-state index is 12.3. The molecule has 1 aliphatic heterocycles. The van der Waals surface area contributed by atoms with E-state index in [2.05, 4.69) is 25.7 Å². The van der Waals surface area contributed by atoms with Crippen LogP contribution in [0.25, 0.3) is 0 Å². The highest BCUT2D eigenvalue weighted by molar-refractivity contribution is 6.03. The number of carbonyl (C=O) groups excluding carboxylic acids is 2. The molecule has 24 heavy (non-hydrogen) atoms. The number of carbonyl (C=O) groups is 2. The SMILES string of the molecule is Cc1ccc(NC(=O)c2cccc(CN3CCNC(=O)C3)c2)nn1. The highest BCUT2D eigenvalue weighted by atomic mass is 16.2. The molecule has 2 N–H and O–H groups in total. The number of piperazine rings is 1. The first-order chi connectivity index (χ1) is 11.6. The summed E-state index contributed by atoms with van der Waals surface area (Å²) in [6.07, 6.45) is 0. The third kappa shape index (κ3) is 4.14. The summed E-state index contributed by atoms with van der Waals surface area (Å²) in [6.45, 7) is 4.32.